The number of aromatic amines is 2. The lowest BCUT2D eigenvalue weighted by Gasteiger charge is -2.00. The van der Waals surface area contributed by atoms with Gasteiger partial charge >= 0.3 is 0 Å². The highest BCUT2D eigenvalue weighted by Crippen LogP contribution is 2.45. The van der Waals surface area contributed by atoms with Gasteiger partial charge in [0.1, 0.15) is 0 Å². The molecule has 4 nitrogen and oxygen atoms in total. The van der Waals surface area contributed by atoms with Gasteiger partial charge in [-0.25, -0.2) is 9.97 Å². The van der Waals surface area contributed by atoms with Crippen molar-refractivity contribution in [3.63, 3.8) is 0 Å². The molecule has 0 fully saturated rings. The minimum absolute atomic E-state index is 0.907. The third-order valence-corrected chi connectivity index (χ3v) is 16.2. The molecule has 0 atom stereocenters. The van der Waals surface area contributed by atoms with Crippen LogP contribution in [-0.4, -0.2) is 19.9 Å². The fourth-order valence-electron chi connectivity index (χ4n) is 6.84. The fourth-order valence-corrected chi connectivity index (χ4v) is 12.9. The highest BCUT2D eigenvalue weighted by atomic mass is 32.1. The topological polar surface area (TPSA) is 57.4 Å². The Labute approximate surface area is 334 Å². The van der Waals surface area contributed by atoms with E-state index in [-0.39, 0.29) is 0 Å². The molecule has 0 unspecified atom stereocenters. The molecule has 10 heteroatoms. The first kappa shape index (κ1) is 32.2. The van der Waals surface area contributed by atoms with Crippen LogP contribution < -0.4 is 0 Å². The molecule has 258 valence electrons. The zero-order valence-corrected chi connectivity index (χ0v) is 33.1. The largest absolute Gasteiger partial charge is 0.355 e. The number of H-pyrrole nitrogens is 2. The summed E-state index contributed by atoms with van der Waals surface area (Å²) in [5.41, 5.74) is 9.92. The van der Waals surface area contributed by atoms with Crippen molar-refractivity contribution in [2.24, 2.45) is 0 Å². The van der Waals surface area contributed by atoms with E-state index in [1.54, 1.807) is 22.7 Å². The number of hydrogen-bond donors (Lipinski definition) is 2. The first-order valence-corrected chi connectivity index (χ1v) is 22.3. The van der Waals surface area contributed by atoms with Crippen molar-refractivity contribution in [1.29, 1.82) is 0 Å². The van der Waals surface area contributed by atoms with Crippen LogP contribution in [-0.2, 0) is 0 Å². The Balaban J connectivity index is 1.03. The molecule has 0 radical (unpaired) electrons. The van der Waals surface area contributed by atoms with Gasteiger partial charge in [-0.3, -0.25) is 0 Å². The minimum Gasteiger partial charge on any atom is -0.355 e. The van der Waals surface area contributed by atoms with Crippen LogP contribution in [0.5, 0.6) is 0 Å². The molecule has 54 heavy (non-hydrogen) atoms. The Hall–Kier alpha value is -5.20. The lowest BCUT2D eigenvalue weighted by Crippen LogP contribution is -1.83. The SMILES string of the molecule is C1=Cc2nc1cc1ccc([nH]1)c(-c1ccc(-c3ccc(-c4cccs4)s3)s1)c1nc(cc3ccc([nH]3)c2-c2ccc(-c3ccc(-c4cccs4)s3)s2)C=C1. The monoisotopic (exact) mass is 802 g/mol. The number of thiophene rings is 6. The van der Waals surface area contributed by atoms with Gasteiger partial charge in [0, 0.05) is 82.0 Å². The van der Waals surface area contributed by atoms with Crippen molar-refractivity contribution < 1.29 is 0 Å². The van der Waals surface area contributed by atoms with E-state index in [1.165, 1.54) is 48.8 Å². The standard InChI is InChI=1S/C44H26N4S6/c1-3-33(49-21-1)35-13-15-37(51-35)39-17-19-41(53-39)43-29-9-5-25(45-29)23-27-7-11-31(47-27)44(32-12-8-28(48-32)24-26-6-10-30(43)46-26)42-20-18-40(54-42)38-16-14-36(52-38)34-4-2-22-50-34/h1-24,45,48H. The van der Waals surface area contributed by atoms with Crippen molar-refractivity contribution in [3.05, 3.63) is 143 Å². The van der Waals surface area contributed by atoms with Gasteiger partial charge in [0.15, 0.2) is 0 Å². The van der Waals surface area contributed by atoms with Crippen LogP contribution in [0.3, 0.4) is 0 Å². The number of aromatic nitrogens is 4. The maximum Gasteiger partial charge on any atom is 0.0745 e. The van der Waals surface area contributed by atoms with E-state index in [0.29, 0.717) is 0 Å². The molecule has 9 aromatic heterocycles. The highest BCUT2D eigenvalue weighted by Gasteiger charge is 2.17. The normalized spacial score (nSPS) is 12.3. The van der Waals surface area contributed by atoms with Crippen molar-refractivity contribution in [3.8, 4) is 59.9 Å². The number of hydrogen-bond acceptors (Lipinski definition) is 8. The fraction of sp³-hybridized carbons (Fsp3) is 0. The van der Waals surface area contributed by atoms with Crippen LogP contribution in [0.4, 0.5) is 0 Å². The zero-order valence-electron chi connectivity index (χ0n) is 28.2. The highest BCUT2D eigenvalue weighted by molar-refractivity contribution is 7.27. The van der Waals surface area contributed by atoms with Crippen LogP contribution in [0, 0.1) is 0 Å². The molecule has 9 aromatic rings. The Morgan fingerprint density at radius 3 is 1.17 bits per heavy atom. The Bertz CT molecular complexity index is 2850. The average Bonchev–Trinajstić information content (AvgIpc) is 4.01. The van der Waals surface area contributed by atoms with Crippen molar-refractivity contribution >= 4 is 114 Å². The molecule has 2 aliphatic heterocycles. The van der Waals surface area contributed by atoms with Gasteiger partial charge in [0.2, 0.25) is 0 Å². The van der Waals surface area contributed by atoms with Crippen LogP contribution in [0.15, 0.2) is 120 Å². The van der Waals surface area contributed by atoms with E-state index in [9.17, 15) is 0 Å². The van der Waals surface area contributed by atoms with Crippen molar-refractivity contribution in [1.82, 2.24) is 19.9 Å². The molecule has 0 saturated heterocycles. The molecule has 0 saturated carbocycles. The Kier molecular flexibility index (Phi) is 7.93. The van der Waals surface area contributed by atoms with Crippen molar-refractivity contribution in [2.75, 3.05) is 0 Å². The van der Waals surface area contributed by atoms with E-state index in [2.05, 4.69) is 154 Å². The van der Waals surface area contributed by atoms with Crippen LogP contribution >= 0.6 is 68.0 Å². The third-order valence-electron chi connectivity index (χ3n) is 9.33. The lowest BCUT2D eigenvalue weighted by molar-refractivity contribution is 1.31. The summed E-state index contributed by atoms with van der Waals surface area (Å²) in [5.74, 6) is 0. The Morgan fingerprint density at radius 1 is 0.370 bits per heavy atom. The predicted octanol–water partition coefficient (Wildman–Crippen LogP) is 15.0. The maximum absolute atomic E-state index is 5.18. The molecule has 0 aliphatic carbocycles. The second kappa shape index (κ2) is 13.3. The second-order valence-corrected chi connectivity index (χ2v) is 19.0. The summed E-state index contributed by atoms with van der Waals surface area (Å²) in [4.78, 5) is 30.4. The van der Waals surface area contributed by atoms with Gasteiger partial charge in [0.05, 0.1) is 22.8 Å². The first-order chi connectivity index (χ1) is 26.7. The maximum atomic E-state index is 5.18. The van der Waals surface area contributed by atoms with E-state index in [4.69, 9.17) is 9.97 Å². The number of nitrogens with zero attached hydrogens (tertiary/aromatic N) is 2. The van der Waals surface area contributed by atoms with E-state index < -0.39 is 0 Å². The molecule has 0 spiro atoms. The minimum atomic E-state index is 0.907. The third kappa shape index (κ3) is 5.92. The van der Waals surface area contributed by atoms with E-state index in [1.807, 2.05) is 45.3 Å². The van der Waals surface area contributed by atoms with Gasteiger partial charge in [-0.05, 0) is 132 Å². The molecule has 0 amide bonds. The zero-order chi connectivity index (χ0) is 35.6. The summed E-state index contributed by atoms with van der Waals surface area (Å²) in [6.45, 7) is 0. The molecule has 11 rings (SSSR count). The molecular weight excluding hydrogens is 777 g/mol. The molecule has 2 aliphatic rings. The van der Waals surface area contributed by atoms with Crippen LogP contribution in [0.1, 0.15) is 22.8 Å². The van der Waals surface area contributed by atoms with Gasteiger partial charge in [-0.15, -0.1) is 68.0 Å². The van der Waals surface area contributed by atoms with Gasteiger partial charge in [-0.1, -0.05) is 12.1 Å². The summed E-state index contributed by atoms with van der Waals surface area (Å²) in [7, 11) is 0. The van der Waals surface area contributed by atoms with Crippen LogP contribution in [0.25, 0.3) is 106 Å². The number of fused-ring (bicyclic) bond motifs is 8. The van der Waals surface area contributed by atoms with Gasteiger partial charge in [0.25, 0.3) is 0 Å². The number of rotatable bonds is 6. The van der Waals surface area contributed by atoms with E-state index >= 15 is 0 Å². The summed E-state index contributed by atoms with van der Waals surface area (Å²) < 4.78 is 0. The second-order valence-electron chi connectivity index (χ2n) is 12.8. The average molecular weight is 803 g/mol. The van der Waals surface area contributed by atoms with E-state index in [0.717, 1.165) is 56.0 Å². The smallest absolute Gasteiger partial charge is 0.0745 e. The van der Waals surface area contributed by atoms with Crippen LogP contribution in [0.2, 0.25) is 0 Å². The quantitative estimate of drug-likeness (QED) is 0.176. The predicted molar refractivity (Wildman–Crippen MR) is 239 cm³/mol. The van der Waals surface area contributed by atoms with Crippen molar-refractivity contribution in [2.45, 2.75) is 0 Å². The summed E-state index contributed by atoms with van der Waals surface area (Å²) in [5, 5.41) is 4.27. The molecule has 0 aromatic carbocycles. The Morgan fingerprint density at radius 2 is 0.759 bits per heavy atom. The van der Waals surface area contributed by atoms with Gasteiger partial charge in [-0.2, -0.15) is 0 Å². The molecule has 11 heterocycles. The first-order valence-electron chi connectivity index (χ1n) is 17.3. The summed E-state index contributed by atoms with van der Waals surface area (Å²) >= 11 is 10.9. The summed E-state index contributed by atoms with van der Waals surface area (Å²) in [6, 6.07) is 39.4. The van der Waals surface area contributed by atoms with Gasteiger partial charge < -0.3 is 9.97 Å². The molecular formula is C44H26N4S6. The number of nitrogens with one attached hydrogen (secondary N) is 2. The lowest BCUT2D eigenvalue weighted by atomic mass is 10.1. The molecule has 8 bridgehead atoms. The summed E-state index contributed by atoms with van der Waals surface area (Å²) in [6.07, 6.45) is 8.49. The molecule has 2 N–H and O–H groups in total.